The molecular formula is C31H39NO3. The third-order valence-electron chi connectivity index (χ3n) is 9.09. The van der Waals surface area contributed by atoms with Gasteiger partial charge in [0, 0.05) is 26.2 Å². The van der Waals surface area contributed by atoms with E-state index in [1.807, 2.05) is 50.5 Å². The number of rotatable bonds is 5. The van der Waals surface area contributed by atoms with Crippen LogP contribution in [0.3, 0.4) is 0 Å². The van der Waals surface area contributed by atoms with Gasteiger partial charge in [-0.15, -0.1) is 0 Å². The zero-order valence-electron chi connectivity index (χ0n) is 21.4. The Balaban J connectivity index is 1.69. The van der Waals surface area contributed by atoms with E-state index < -0.39 is 6.10 Å². The van der Waals surface area contributed by atoms with E-state index in [1.54, 1.807) is 6.08 Å². The topological polar surface area (TPSA) is 60.8 Å². The summed E-state index contributed by atoms with van der Waals surface area (Å²) in [5.74, 6) is 1.41. The number of carbonyl (C=O) groups is 1. The number of nitrogens with zero attached hydrogens (tertiary/aromatic N) is 1. The maximum atomic E-state index is 12.2. The van der Waals surface area contributed by atoms with Crippen LogP contribution in [-0.4, -0.2) is 36.7 Å². The van der Waals surface area contributed by atoms with Crippen LogP contribution in [-0.2, 0) is 4.79 Å². The van der Waals surface area contributed by atoms with Crippen molar-refractivity contribution in [1.29, 1.82) is 0 Å². The molecule has 2 saturated carbocycles. The quantitative estimate of drug-likeness (QED) is 0.564. The average Bonchev–Trinajstić information content (AvgIpc) is 3.25. The van der Waals surface area contributed by atoms with Crippen molar-refractivity contribution in [3.05, 3.63) is 75.9 Å². The highest BCUT2D eigenvalue weighted by Gasteiger charge is 2.51. The molecule has 4 atom stereocenters. The van der Waals surface area contributed by atoms with Gasteiger partial charge in [-0.2, -0.15) is 0 Å². The fourth-order valence-corrected chi connectivity index (χ4v) is 7.37. The minimum atomic E-state index is -0.765. The number of anilines is 1. The number of hydrogen-bond acceptors (Lipinski definition) is 4. The van der Waals surface area contributed by atoms with Crippen LogP contribution >= 0.6 is 0 Å². The first-order chi connectivity index (χ1) is 16.8. The Morgan fingerprint density at radius 1 is 1.17 bits per heavy atom. The molecule has 0 spiro atoms. The van der Waals surface area contributed by atoms with Crippen LogP contribution in [0.2, 0.25) is 0 Å². The molecule has 4 aliphatic rings. The van der Waals surface area contributed by atoms with Gasteiger partial charge in [-0.05, 0) is 107 Å². The Morgan fingerprint density at radius 3 is 2.66 bits per heavy atom. The minimum Gasteiger partial charge on any atom is -0.392 e. The lowest BCUT2D eigenvalue weighted by Gasteiger charge is -2.49. The first-order valence-electron chi connectivity index (χ1n) is 13.3. The Kier molecular flexibility index (Phi) is 6.63. The van der Waals surface area contributed by atoms with Crippen molar-refractivity contribution >= 4 is 11.5 Å². The monoisotopic (exact) mass is 473 g/mol. The third kappa shape index (κ3) is 4.36. The van der Waals surface area contributed by atoms with E-state index >= 15 is 0 Å². The van der Waals surface area contributed by atoms with Crippen molar-refractivity contribution in [3.8, 4) is 0 Å². The molecule has 0 bridgehead atoms. The molecule has 2 N–H and O–H groups in total. The number of hydrogen-bond donors (Lipinski definition) is 2. The van der Waals surface area contributed by atoms with Gasteiger partial charge < -0.3 is 15.1 Å². The second-order valence-corrected chi connectivity index (χ2v) is 11.4. The molecule has 0 radical (unpaired) electrons. The lowest BCUT2D eigenvalue weighted by molar-refractivity contribution is -0.114. The van der Waals surface area contributed by atoms with Gasteiger partial charge in [0.25, 0.3) is 0 Å². The fourth-order valence-electron chi connectivity index (χ4n) is 7.37. The van der Waals surface area contributed by atoms with E-state index in [9.17, 15) is 15.0 Å². The largest absolute Gasteiger partial charge is 0.392 e. The molecule has 4 aliphatic carbocycles. The average molecular weight is 474 g/mol. The molecule has 1 unspecified atom stereocenters. The standard InChI is InChI=1S/C31H39NO3/c1-31-16-4-7-28(31)26-14-10-21-18-23(34)13-15-24(21)29(26)27(19-31)25(6-5-17-33)30(35)20-8-11-22(12-9-20)32(2)3/h5-6,8-9,11-12,18,26,28,30,33,35H,4,7,10,13-17,19H2,1-3H3/t26-,28-,30?,31-/m0/s1. The van der Waals surface area contributed by atoms with Crippen LogP contribution in [0.1, 0.15) is 70.0 Å². The second kappa shape index (κ2) is 9.55. The zero-order chi connectivity index (χ0) is 24.7. The summed E-state index contributed by atoms with van der Waals surface area (Å²) < 4.78 is 0. The summed E-state index contributed by atoms with van der Waals surface area (Å²) in [6, 6.07) is 8.11. The summed E-state index contributed by atoms with van der Waals surface area (Å²) in [7, 11) is 4.03. The SMILES string of the molecule is CN(C)c1ccc(C(O)C(C=CCO)=C2C[C@]3(C)CCC[C@H]3[C@@H]3CCC4=CC(=O)CCC4=C23)cc1. The Labute approximate surface area is 209 Å². The smallest absolute Gasteiger partial charge is 0.156 e. The van der Waals surface area contributed by atoms with Gasteiger partial charge in [0.05, 0.1) is 6.61 Å². The summed E-state index contributed by atoms with van der Waals surface area (Å²) in [5.41, 5.74) is 8.39. The maximum Gasteiger partial charge on any atom is 0.156 e. The van der Waals surface area contributed by atoms with Gasteiger partial charge in [-0.25, -0.2) is 0 Å². The Hall–Kier alpha value is -2.43. The number of fused-ring (bicyclic) bond motifs is 4. The van der Waals surface area contributed by atoms with Crippen LogP contribution in [0, 0.1) is 17.3 Å². The predicted molar refractivity (Wildman–Crippen MR) is 141 cm³/mol. The molecule has 0 heterocycles. The van der Waals surface area contributed by atoms with Gasteiger partial charge in [0.15, 0.2) is 5.78 Å². The summed E-state index contributed by atoms with van der Waals surface area (Å²) in [5, 5.41) is 21.4. The molecule has 5 rings (SSSR count). The number of aliphatic hydroxyl groups excluding tert-OH is 2. The molecule has 0 amide bonds. The summed E-state index contributed by atoms with van der Waals surface area (Å²) in [6.07, 6.45) is 13.0. The molecule has 186 valence electrons. The predicted octanol–water partition coefficient (Wildman–Crippen LogP) is 5.84. The Morgan fingerprint density at radius 2 is 1.94 bits per heavy atom. The second-order valence-electron chi connectivity index (χ2n) is 11.4. The zero-order valence-corrected chi connectivity index (χ0v) is 21.4. The highest BCUT2D eigenvalue weighted by Crippen LogP contribution is 2.62. The van der Waals surface area contributed by atoms with Crippen LogP contribution in [0.25, 0.3) is 0 Å². The number of allylic oxidation sites excluding steroid dienone is 5. The highest BCUT2D eigenvalue weighted by atomic mass is 16.3. The highest BCUT2D eigenvalue weighted by molar-refractivity contribution is 5.93. The van der Waals surface area contributed by atoms with Crippen molar-refractivity contribution in [3.63, 3.8) is 0 Å². The van der Waals surface area contributed by atoms with E-state index in [0.717, 1.165) is 42.5 Å². The van der Waals surface area contributed by atoms with Crippen molar-refractivity contribution in [2.45, 2.75) is 64.4 Å². The van der Waals surface area contributed by atoms with E-state index in [2.05, 4.69) is 11.8 Å². The molecule has 4 nitrogen and oxygen atoms in total. The molecule has 0 saturated heterocycles. The first-order valence-corrected chi connectivity index (χ1v) is 13.3. The molecule has 2 fully saturated rings. The number of ketones is 1. The van der Waals surface area contributed by atoms with E-state index in [1.165, 1.54) is 41.6 Å². The van der Waals surface area contributed by atoms with Crippen molar-refractivity contribution in [1.82, 2.24) is 0 Å². The minimum absolute atomic E-state index is 0.0576. The normalized spacial score (nSPS) is 30.5. The van der Waals surface area contributed by atoms with Gasteiger partial charge >= 0.3 is 0 Å². The van der Waals surface area contributed by atoms with E-state index in [4.69, 9.17) is 0 Å². The van der Waals surface area contributed by atoms with Crippen LogP contribution in [0.4, 0.5) is 5.69 Å². The lowest BCUT2D eigenvalue weighted by atomic mass is 9.55. The molecule has 0 aromatic heterocycles. The molecule has 1 aromatic carbocycles. The summed E-state index contributed by atoms with van der Waals surface area (Å²) >= 11 is 0. The maximum absolute atomic E-state index is 12.2. The van der Waals surface area contributed by atoms with Gasteiger partial charge in [-0.3, -0.25) is 4.79 Å². The molecule has 1 aromatic rings. The molecule has 35 heavy (non-hydrogen) atoms. The van der Waals surface area contributed by atoms with Crippen molar-refractivity contribution in [2.24, 2.45) is 17.3 Å². The van der Waals surface area contributed by atoms with Crippen LogP contribution < -0.4 is 4.90 Å². The van der Waals surface area contributed by atoms with Gasteiger partial charge in [0.2, 0.25) is 0 Å². The number of benzene rings is 1. The Bertz CT molecular complexity index is 1120. The molecule has 0 aliphatic heterocycles. The first kappa shape index (κ1) is 24.3. The van der Waals surface area contributed by atoms with Gasteiger partial charge in [-0.1, -0.05) is 37.6 Å². The van der Waals surface area contributed by atoms with Crippen LogP contribution in [0.15, 0.2) is 70.4 Å². The van der Waals surface area contributed by atoms with Gasteiger partial charge in [0.1, 0.15) is 6.10 Å². The lowest BCUT2D eigenvalue weighted by Crippen LogP contribution is -2.39. The van der Waals surface area contributed by atoms with Crippen molar-refractivity contribution < 1.29 is 15.0 Å². The fraction of sp³-hybridized carbons (Fsp3) is 0.516. The van der Waals surface area contributed by atoms with Crippen molar-refractivity contribution in [2.75, 3.05) is 25.6 Å². The molecule has 4 heteroatoms. The van der Waals surface area contributed by atoms with E-state index in [-0.39, 0.29) is 17.8 Å². The van der Waals surface area contributed by atoms with E-state index in [0.29, 0.717) is 18.3 Å². The summed E-state index contributed by atoms with van der Waals surface area (Å²) in [6.45, 7) is 2.39. The van der Waals surface area contributed by atoms with Crippen LogP contribution in [0.5, 0.6) is 0 Å². The molecular weight excluding hydrogens is 434 g/mol. The third-order valence-corrected chi connectivity index (χ3v) is 9.09. The summed E-state index contributed by atoms with van der Waals surface area (Å²) in [4.78, 5) is 14.3. The number of aliphatic hydroxyl groups is 2. The number of carbonyl (C=O) groups excluding carboxylic acids is 1.